The molecule has 0 radical (unpaired) electrons. The Morgan fingerprint density at radius 1 is 1.25 bits per heavy atom. The van der Waals surface area contributed by atoms with Gasteiger partial charge in [-0.05, 0) is 56.1 Å². The number of anilines is 1. The molecule has 36 heavy (non-hydrogen) atoms. The van der Waals surface area contributed by atoms with Gasteiger partial charge in [-0.3, -0.25) is 19.3 Å². The van der Waals surface area contributed by atoms with Gasteiger partial charge in [0, 0.05) is 38.3 Å². The Bertz CT molecular complexity index is 1130. The van der Waals surface area contributed by atoms with Crippen LogP contribution in [0.3, 0.4) is 0 Å². The van der Waals surface area contributed by atoms with Crippen molar-refractivity contribution in [2.45, 2.75) is 76.5 Å². The number of rotatable bonds is 6. The summed E-state index contributed by atoms with van der Waals surface area (Å²) in [5.41, 5.74) is 0.654. The molecule has 192 valence electrons. The van der Waals surface area contributed by atoms with Crippen molar-refractivity contribution in [3.63, 3.8) is 0 Å². The number of hydrogen-bond acceptors (Lipinski definition) is 5. The number of nitrogens with zero attached hydrogens (tertiary/aromatic N) is 4. The number of nitrogens with one attached hydrogen (secondary N) is 1. The lowest BCUT2D eigenvalue weighted by Gasteiger charge is -2.37. The molecular weight excluding hydrogens is 454 g/mol. The average Bonchev–Trinajstić information content (AvgIpc) is 3.22. The van der Waals surface area contributed by atoms with Gasteiger partial charge >= 0.3 is 0 Å². The molecule has 3 aliphatic heterocycles. The van der Waals surface area contributed by atoms with Crippen LogP contribution in [0, 0.1) is 29.1 Å². The molecule has 8 heteroatoms. The standard InChI is InChI=1S/C28H37N5O3/c1-16(2)10-23(31(5)26(35)24-20-11-18(20)14-32(24)17(3)4)25(34)33-15-28(12-19(33)13-29)21-8-6-7-9-22(21)30-27(28)36/h6-9,16-20,23-24H,10-12,14-15H2,1-5H3,(H,30,36)/t18-,19+,20-,23+,24+,28+/m1/s1. The SMILES string of the molecule is CC(C)C[C@@H](C(=O)N1C[C@]2(C[C@H]1C#N)C(=O)Nc1ccccc12)N(C)C(=O)[C@@H]1[C@@H]2C[C@@H]2CN1C(C)C. The fourth-order valence-corrected chi connectivity index (χ4v) is 6.77. The Balaban J connectivity index is 1.42. The average molecular weight is 492 g/mol. The van der Waals surface area contributed by atoms with Gasteiger partial charge in [-0.1, -0.05) is 32.0 Å². The monoisotopic (exact) mass is 491 g/mol. The van der Waals surface area contributed by atoms with Gasteiger partial charge in [-0.25, -0.2) is 0 Å². The first kappa shape index (κ1) is 24.8. The highest BCUT2D eigenvalue weighted by Gasteiger charge is 2.59. The number of piperidine rings is 1. The van der Waals surface area contributed by atoms with E-state index in [9.17, 15) is 19.6 Å². The minimum absolute atomic E-state index is 0.000858. The number of carbonyl (C=O) groups excluding carboxylic acids is 3. The van der Waals surface area contributed by atoms with Crippen molar-refractivity contribution in [1.29, 1.82) is 5.26 Å². The maximum atomic E-state index is 14.1. The first-order chi connectivity index (χ1) is 17.1. The lowest BCUT2D eigenvalue weighted by atomic mass is 9.80. The summed E-state index contributed by atoms with van der Waals surface area (Å²) >= 11 is 0. The molecule has 1 N–H and O–H groups in total. The van der Waals surface area contributed by atoms with Gasteiger partial charge in [-0.2, -0.15) is 5.26 Å². The molecule has 1 saturated carbocycles. The molecule has 0 bridgehead atoms. The zero-order chi connectivity index (χ0) is 25.9. The van der Waals surface area contributed by atoms with Crippen LogP contribution in [0.15, 0.2) is 24.3 Å². The highest BCUT2D eigenvalue weighted by atomic mass is 16.2. The molecule has 1 aromatic carbocycles. The molecule has 1 spiro atoms. The van der Waals surface area contributed by atoms with E-state index in [4.69, 9.17) is 0 Å². The van der Waals surface area contributed by atoms with Crippen LogP contribution in [0.25, 0.3) is 0 Å². The Hall–Kier alpha value is -2.92. The Kier molecular flexibility index (Phi) is 6.11. The van der Waals surface area contributed by atoms with Gasteiger partial charge in [0.2, 0.25) is 17.7 Å². The molecule has 1 aromatic rings. The topological polar surface area (TPSA) is 96.7 Å². The Labute approximate surface area is 213 Å². The number of likely N-dealkylation sites (N-methyl/N-ethyl adjacent to an activating group) is 1. The number of carbonyl (C=O) groups is 3. The summed E-state index contributed by atoms with van der Waals surface area (Å²) in [4.78, 5) is 46.6. The molecule has 6 atom stereocenters. The highest BCUT2D eigenvalue weighted by Crippen LogP contribution is 2.51. The second-order valence-corrected chi connectivity index (χ2v) is 11.9. The van der Waals surface area contributed by atoms with E-state index in [0.717, 1.165) is 24.2 Å². The number of amides is 3. The van der Waals surface area contributed by atoms with Gasteiger partial charge in [0.1, 0.15) is 12.1 Å². The van der Waals surface area contributed by atoms with Crippen molar-refractivity contribution in [3.05, 3.63) is 29.8 Å². The van der Waals surface area contributed by atoms with E-state index >= 15 is 0 Å². The van der Waals surface area contributed by atoms with Crippen LogP contribution in [0.5, 0.6) is 0 Å². The lowest BCUT2D eigenvalue weighted by molar-refractivity contribution is -0.148. The van der Waals surface area contributed by atoms with E-state index in [2.05, 4.69) is 30.1 Å². The smallest absolute Gasteiger partial charge is 0.246 e. The molecule has 3 fully saturated rings. The molecule has 8 nitrogen and oxygen atoms in total. The summed E-state index contributed by atoms with van der Waals surface area (Å²) in [6.45, 7) is 9.41. The molecular formula is C28H37N5O3. The van der Waals surface area contributed by atoms with Crippen LogP contribution < -0.4 is 5.32 Å². The zero-order valence-corrected chi connectivity index (χ0v) is 21.9. The zero-order valence-electron chi connectivity index (χ0n) is 21.9. The van der Waals surface area contributed by atoms with Crippen molar-refractivity contribution in [2.75, 3.05) is 25.5 Å². The maximum absolute atomic E-state index is 14.1. The van der Waals surface area contributed by atoms with Gasteiger partial charge in [-0.15, -0.1) is 0 Å². The number of nitriles is 1. The van der Waals surface area contributed by atoms with Gasteiger partial charge in [0.25, 0.3) is 0 Å². The fraction of sp³-hybridized carbons (Fsp3) is 0.643. The molecule has 5 rings (SSSR count). The molecule has 2 saturated heterocycles. The van der Waals surface area contributed by atoms with Crippen molar-refractivity contribution in [1.82, 2.24) is 14.7 Å². The van der Waals surface area contributed by atoms with Gasteiger partial charge in [0.05, 0.1) is 17.5 Å². The molecule has 0 unspecified atom stereocenters. The third-order valence-electron chi connectivity index (χ3n) is 8.81. The van der Waals surface area contributed by atoms with Crippen LogP contribution >= 0.6 is 0 Å². The van der Waals surface area contributed by atoms with Crippen molar-refractivity contribution in [3.8, 4) is 6.07 Å². The van der Waals surface area contributed by atoms with E-state index < -0.39 is 17.5 Å². The predicted molar refractivity (Wildman–Crippen MR) is 136 cm³/mol. The third-order valence-corrected chi connectivity index (χ3v) is 8.81. The van der Waals surface area contributed by atoms with Gasteiger partial charge in [0.15, 0.2) is 0 Å². The summed E-state index contributed by atoms with van der Waals surface area (Å²) < 4.78 is 0. The predicted octanol–water partition coefficient (Wildman–Crippen LogP) is 2.60. The van der Waals surface area contributed by atoms with Crippen molar-refractivity contribution in [2.24, 2.45) is 17.8 Å². The quantitative estimate of drug-likeness (QED) is 0.660. The molecule has 3 amide bonds. The largest absolute Gasteiger partial charge is 0.332 e. The van der Waals surface area contributed by atoms with E-state index in [0.29, 0.717) is 18.3 Å². The normalized spacial score (nSPS) is 31.4. The fourth-order valence-electron chi connectivity index (χ4n) is 6.77. The first-order valence-corrected chi connectivity index (χ1v) is 13.2. The Morgan fingerprint density at radius 3 is 2.64 bits per heavy atom. The number of para-hydroxylation sites is 1. The minimum Gasteiger partial charge on any atom is -0.332 e. The number of fused-ring (bicyclic) bond motifs is 3. The molecule has 1 aliphatic carbocycles. The van der Waals surface area contributed by atoms with Crippen LogP contribution in [0.4, 0.5) is 5.69 Å². The summed E-state index contributed by atoms with van der Waals surface area (Å²) in [6, 6.07) is 8.47. The maximum Gasteiger partial charge on any atom is 0.246 e. The summed E-state index contributed by atoms with van der Waals surface area (Å²) in [5, 5.41) is 13.0. The van der Waals surface area contributed by atoms with E-state index in [1.165, 1.54) is 0 Å². The summed E-state index contributed by atoms with van der Waals surface area (Å²) in [5.74, 6) is 0.734. The Morgan fingerprint density at radius 2 is 1.97 bits per heavy atom. The van der Waals surface area contributed by atoms with Crippen LogP contribution in [0.2, 0.25) is 0 Å². The van der Waals surface area contributed by atoms with Crippen molar-refractivity contribution >= 4 is 23.4 Å². The summed E-state index contributed by atoms with van der Waals surface area (Å²) in [7, 11) is 1.74. The molecule has 3 heterocycles. The highest BCUT2D eigenvalue weighted by molar-refractivity contribution is 6.07. The van der Waals surface area contributed by atoms with E-state index in [1.54, 1.807) is 16.8 Å². The molecule has 4 aliphatic rings. The lowest BCUT2D eigenvalue weighted by Crippen LogP contribution is -2.56. The van der Waals surface area contributed by atoms with Crippen LogP contribution in [-0.4, -0.2) is 76.7 Å². The molecule has 0 aromatic heterocycles. The second kappa shape index (κ2) is 8.88. The number of hydrogen-bond donors (Lipinski definition) is 1. The summed E-state index contributed by atoms with van der Waals surface area (Å²) in [6.07, 6.45) is 1.85. The van der Waals surface area contributed by atoms with Crippen molar-refractivity contribution < 1.29 is 14.4 Å². The number of benzene rings is 1. The van der Waals surface area contributed by atoms with Crippen LogP contribution in [-0.2, 0) is 19.8 Å². The number of likely N-dealkylation sites (tertiary alicyclic amines) is 2. The third kappa shape index (κ3) is 3.80. The van der Waals surface area contributed by atoms with Gasteiger partial charge < -0.3 is 15.1 Å². The van der Waals surface area contributed by atoms with E-state index in [-0.39, 0.29) is 48.7 Å². The second-order valence-electron chi connectivity index (χ2n) is 11.9. The first-order valence-electron chi connectivity index (χ1n) is 13.2. The van der Waals surface area contributed by atoms with Crippen LogP contribution in [0.1, 0.15) is 52.5 Å². The minimum atomic E-state index is -0.932. The van der Waals surface area contributed by atoms with E-state index in [1.807, 2.05) is 38.1 Å².